The molecule has 190 valence electrons. The molecule has 9 nitrogen and oxygen atoms in total. The number of rotatable bonds is 7. The third kappa shape index (κ3) is 8.71. The van der Waals surface area contributed by atoms with Gasteiger partial charge in [0.25, 0.3) is 10.0 Å². The van der Waals surface area contributed by atoms with Crippen LogP contribution < -0.4 is 4.72 Å². The van der Waals surface area contributed by atoms with Crippen LogP contribution in [0.3, 0.4) is 0 Å². The summed E-state index contributed by atoms with van der Waals surface area (Å²) in [6, 6.07) is 14.0. The Hall–Kier alpha value is -3.40. The summed E-state index contributed by atoms with van der Waals surface area (Å²) in [5, 5.41) is 0. The molecule has 2 rings (SSSR count). The highest BCUT2D eigenvalue weighted by Gasteiger charge is 2.31. The summed E-state index contributed by atoms with van der Waals surface area (Å²) in [6.07, 6.45) is -2.12. The summed E-state index contributed by atoms with van der Waals surface area (Å²) in [7, 11) is -3.81. The van der Waals surface area contributed by atoms with Gasteiger partial charge in [0.05, 0.1) is 4.90 Å². The number of nitrogens with one attached hydrogen (secondary N) is 1. The highest BCUT2D eigenvalue weighted by Crippen LogP contribution is 2.20. The number of carbonyl (C=O) groups excluding carboxylic acids is 3. The molecule has 2 aromatic rings. The van der Waals surface area contributed by atoms with Crippen molar-refractivity contribution < 1.29 is 32.3 Å². The van der Waals surface area contributed by atoms with Crippen molar-refractivity contribution in [2.75, 3.05) is 11.3 Å². The third-order valence-electron chi connectivity index (χ3n) is 4.64. The number of Topliss-reactive ketones (excluding diaryl/α,β-unsaturated/α-hetero) is 1. The fraction of sp³-hybridized carbons (Fsp3) is 0.400. The van der Waals surface area contributed by atoms with Crippen molar-refractivity contribution >= 4 is 33.7 Å². The largest absolute Gasteiger partial charge is 0.517 e. The molecule has 0 saturated carbocycles. The predicted molar refractivity (Wildman–Crippen MR) is 132 cm³/mol. The zero-order chi connectivity index (χ0) is 26.4. The van der Waals surface area contributed by atoms with Crippen molar-refractivity contribution in [1.82, 2.24) is 4.90 Å². The minimum Gasteiger partial charge on any atom is -0.428 e. The van der Waals surface area contributed by atoms with Crippen LogP contribution in [-0.4, -0.2) is 49.0 Å². The zero-order valence-electron chi connectivity index (χ0n) is 20.8. The average Bonchev–Trinajstić information content (AvgIpc) is 2.71. The molecule has 0 atom stereocenters. The number of anilines is 1. The van der Waals surface area contributed by atoms with Crippen LogP contribution in [0.1, 0.15) is 58.3 Å². The first-order chi connectivity index (χ1) is 16.1. The molecule has 0 aliphatic carbocycles. The van der Waals surface area contributed by atoms with E-state index in [1.165, 1.54) is 29.2 Å². The normalized spacial score (nSPS) is 11.9. The standard InChI is InChI=1S/C25H32N2O7S/c1-24(2,3)27(22(29)33-23(30)34-25(4,5)6)16-15-21(28)18-11-10-12-19(17-18)26-35(31,32)20-13-8-7-9-14-20/h7-14,17,26H,15-16H2,1-6H3. The topological polar surface area (TPSA) is 119 Å². The Morgan fingerprint density at radius 1 is 0.914 bits per heavy atom. The van der Waals surface area contributed by atoms with Crippen molar-refractivity contribution in [2.24, 2.45) is 0 Å². The van der Waals surface area contributed by atoms with Crippen LogP contribution in [-0.2, 0) is 19.5 Å². The molecule has 2 aromatic carbocycles. The molecule has 0 spiro atoms. The molecular formula is C25H32N2O7S. The Bertz CT molecular complexity index is 1160. The fourth-order valence-electron chi connectivity index (χ4n) is 3.03. The maximum Gasteiger partial charge on any atom is 0.517 e. The maximum atomic E-state index is 12.8. The molecule has 0 radical (unpaired) electrons. The molecule has 1 N–H and O–H groups in total. The highest BCUT2D eigenvalue weighted by atomic mass is 32.2. The Morgan fingerprint density at radius 3 is 2.11 bits per heavy atom. The molecule has 10 heteroatoms. The Labute approximate surface area is 206 Å². The number of hydrogen-bond donors (Lipinski definition) is 1. The quantitative estimate of drug-likeness (QED) is 0.311. The second-order valence-electron chi connectivity index (χ2n) is 9.83. The number of ketones is 1. The van der Waals surface area contributed by atoms with Gasteiger partial charge in [0.2, 0.25) is 0 Å². The van der Waals surface area contributed by atoms with Crippen molar-refractivity contribution in [3.63, 3.8) is 0 Å². The molecule has 0 aliphatic rings. The number of carbonyl (C=O) groups is 3. The van der Waals surface area contributed by atoms with Gasteiger partial charge in [-0.1, -0.05) is 30.3 Å². The molecule has 0 aromatic heterocycles. The Morgan fingerprint density at radius 2 is 1.54 bits per heavy atom. The van der Waals surface area contributed by atoms with Gasteiger partial charge in [0, 0.05) is 29.8 Å². The van der Waals surface area contributed by atoms with E-state index in [0.717, 1.165) is 0 Å². The van der Waals surface area contributed by atoms with Gasteiger partial charge in [-0.05, 0) is 65.8 Å². The third-order valence-corrected chi connectivity index (χ3v) is 6.04. The van der Waals surface area contributed by atoms with E-state index in [1.54, 1.807) is 71.9 Å². The summed E-state index contributed by atoms with van der Waals surface area (Å²) in [5.74, 6) is -0.315. The lowest BCUT2D eigenvalue weighted by molar-refractivity contribution is -0.00241. The molecule has 0 unspecified atom stereocenters. The van der Waals surface area contributed by atoms with E-state index in [1.807, 2.05) is 0 Å². The molecule has 0 bridgehead atoms. The number of nitrogens with zero attached hydrogens (tertiary/aromatic N) is 1. The van der Waals surface area contributed by atoms with E-state index in [0.29, 0.717) is 0 Å². The molecule has 1 amide bonds. The molecule has 0 aliphatic heterocycles. The van der Waals surface area contributed by atoms with Crippen LogP contribution in [0.5, 0.6) is 0 Å². The van der Waals surface area contributed by atoms with Gasteiger partial charge in [-0.2, -0.15) is 0 Å². The van der Waals surface area contributed by atoms with Gasteiger partial charge < -0.3 is 14.4 Å². The molecular weight excluding hydrogens is 472 g/mol. The lowest BCUT2D eigenvalue weighted by Crippen LogP contribution is -2.47. The van der Waals surface area contributed by atoms with Crippen LogP contribution in [0.25, 0.3) is 0 Å². The van der Waals surface area contributed by atoms with E-state index in [9.17, 15) is 22.8 Å². The van der Waals surface area contributed by atoms with Crippen LogP contribution >= 0.6 is 0 Å². The Kier molecular flexibility index (Phi) is 8.67. The second kappa shape index (κ2) is 10.9. The van der Waals surface area contributed by atoms with Crippen LogP contribution in [0.4, 0.5) is 15.3 Å². The molecule has 0 fully saturated rings. The van der Waals surface area contributed by atoms with E-state index < -0.39 is 33.4 Å². The number of benzene rings is 2. The smallest absolute Gasteiger partial charge is 0.428 e. The van der Waals surface area contributed by atoms with Crippen molar-refractivity contribution in [1.29, 1.82) is 0 Å². The first-order valence-electron chi connectivity index (χ1n) is 11.0. The van der Waals surface area contributed by atoms with Gasteiger partial charge in [0.1, 0.15) is 5.60 Å². The van der Waals surface area contributed by atoms with E-state index in [2.05, 4.69) is 4.72 Å². The first kappa shape index (κ1) is 27.8. The predicted octanol–water partition coefficient (Wildman–Crippen LogP) is 5.23. The SMILES string of the molecule is CC(C)(C)OC(=O)OC(=O)N(CCC(=O)c1cccc(NS(=O)(=O)c2ccccc2)c1)C(C)(C)C. The summed E-state index contributed by atoms with van der Waals surface area (Å²) in [5.41, 5.74) is -1.07. The minimum absolute atomic E-state index is 0.0239. The summed E-state index contributed by atoms with van der Waals surface area (Å²) in [4.78, 5) is 38.7. The van der Waals surface area contributed by atoms with Crippen molar-refractivity contribution in [3.8, 4) is 0 Å². The van der Waals surface area contributed by atoms with E-state index in [4.69, 9.17) is 9.47 Å². The number of amides is 1. The summed E-state index contributed by atoms with van der Waals surface area (Å²) in [6.45, 7) is 10.1. The van der Waals surface area contributed by atoms with Gasteiger partial charge >= 0.3 is 12.2 Å². The second-order valence-corrected chi connectivity index (χ2v) is 11.5. The number of sulfonamides is 1. The fourth-order valence-corrected chi connectivity index (χ4v) is 4.10. The lowest BCUT2D eigenvalue weighted by Gasteiger charge is -2.34. The van der Waals surface area contributed by atoms with Crippen LogP contribution in [0.15, 0.2) is 59.5 Å². The van der Waals surface area contributed by atoms with Gasteiger partial charge in [-0.25, -0.2) is 18.0 Å². The zero-order valence-corrected chi connectivity index (χ0v) is 21.6. The summed E-state index contributed by atoms with van der Waals surface area (Å²) >= 11 is 0. The van der Waals surface area contributed by atoms with Crippen LogP contribution in [0.2, 0.25) is 0 Å². The van der Waals surface area contributed by atoms with Crippen molar-refractivity contribution in [3.05, 3.63) is 60.2 Å². The average molecular weight is 505 g/mol. The lowest BCUT2D eigenvalue weighted by atomic mass is 10.0. The first-order valence-corrected chi connectivity index (χ1v) is 12.5. The monoisotopic (exact) mass is 504 g/mol. The van der Waals surface area contributed by atoms with Gasteiger partial charge in [-0.15, -0.1) is 0 Å². The number of hydrogen-bond acceptors (Lipinski definition) is 7. The van der Waals surface area contributed by atoms with E-state index in [-0.39, 0.29) is 34.9 Å². The Balaban J connectivity index is 2.09. The van der Waals surface area contributed by atoms with Crippen molar-refractivity contribution in [2.45, 2.75) is 64.0 Å². The molecule has 0 saturated heterocycles. The molecule has 0 heterocycles. The van der Waals surface area contributed by atoms with Gasteiger partial charge in [-0.3, -0.25) is 9.52 Å². The minimum atomic E-state index is -3.81. The van der Waals surface area contributed by atoms with Gasteiger partial charge in [0.15, 0.2) is 5.78 Å². The summed E-state index contributed by atoms with van der Waals surface area (Å²) < 4.78 is 37.4. The maximum absolute atomic E-state index is 12.8. The van der Waals surface area contributed by atoms with E-state index >= 15 is 0 Å². The number of ether oxygens (including phenoxy) is 2. The van der Waals surface area contributed by atoms with Crippen LogP contribution in [0, 0.1) is 0 Å². The molecule has 35 heavy (non-hydrogen) atoms. The highest BCUT2D eigenvalue weighted by molar-refractivity contribution is 7.92.